The maximum atomic E-state index is 13.2. The van der Waals surface area contributed by atoms with Gasteiger partial charge in [-0.2, -0.15) is 0 Å². The molecular weight excluding hydrogens is 484 g/mol. The van der Waals surface area contributed by atoms with Crippen molar-refractivity contribution < 1.29 is 28.9 Å². The fraction of sp³-hybridized carbons (Fsp3) is 0.0667. The van der Waals surface area contributed by atoms with E-state index in [-0.39, 0.29) is 22.3 Å². The average molecular weight is 504 g/mol. The lowest BCUT2D eigenvalue weighted by Gasteiger charge is -2.31. The molecule has 2 unspecified atom stereocenters. The molecule has 6 rings (SSSR count). The molecule has 0 fully saturated rings. The molecule has 0 saturated carbocycles. The van der Waals surface area contributed by atoms with E-state index in [2.05, 4.69) is 0 Å². The van der Waals surface area contributed by atoms with Crippen molar-refractivity contribution >= 4 is 23.6 Å². The largest absolute Gasteiger partial charge is 0.285 e. The Balaban J connectivity index is 1.41. The third-order valence-electron chi connectivity index (χ3n) is 6.48. The molecule has 186 valence electrons. The van der Waals surface area contributed by atoms with Gasteiger partial charge in [0.1, 0.15) is 12.2 Å². The van der Waals surface area contributed by atoms with Crippen LogP contribution in [-0.2, 0) is 9.68 Å². The highest BCUT2D eigenvalue weighted by Gasteiger charge is 2.44. The summed E-state index contributed by atoms with van der Waals surface area (Å²) in [6.45, 7) is 0. The van der Waals surface area contributed by atoms with Crippen molar-refractivity contribution in [2.75, 3.05) is 0 Å². The number of carbonyl (C=O) groups is 4. The van der Waals surface area contributed by atoms with Gasteiger partial charge in [0.05, 0.1) is 22.3 Å². The summed E-state index contributed by atoms with van der Waals surface area (Å²) < 4.78 is 0. The second-order valence-corrected chi connectivity index (χ2v) is 8.77. The number of hydroxylamine groups is 4. The smallest absolute Gasteiger partial charge is 0.266 e. The average Bonchev–Trinajstić information content (AvgIpc) is 3.36. The summed E-state index contributed by atoms with van der Waals surface area (Å²) in [6.07, 6.45) is -2.18. The number of hydrogen-bond acceptors (Lipinski definition) is 6. The Labute approximate surface area is 217 Å². The maximum absolute atomic E-state index is 13.2. The highest BCUT2D eigenvalue weighted by molar-refractivity contribution is 6.21. The van der Waals surface area contributed by atoms with Crippen molar-refractivity contribution in [1.82, 2.24) is 10.1 Å². The van der Waals surface area contributed by atoms with E-state index in [0.29, 0.717) is 21.3 Å². The lowest BCUT2D eigenvalue weighted by atomic mass is 9.98. The van der Waals surface area contributed by atoms with Crippen molar-refractivity contribution in [3.63, 3.8) is 0 Å². The molecule has 0 aromatic heterocycles. The Morgan fingerprint density at radius 3 is 0.947 bits per heavy atom. The van der Waals surface area contributed by atoms with Crippen LogP contribution in [0.5, 0.6) is 0 Å². The van der Waals surface area contributed by atoms with Gasteiger partial charge in [-0.1, -0.05) is 84.9 Å². The quantitative estimate of drug-likeness (QED) is 0.332. The molecule has 4 amide bonds. The Hall–Kier alpha value is -4.92. The summed E-state index contributed by atoms with van der Waals surface area (Å²) in [5, 5.41) is 1.42. The number of hydrogen-bond donors (Lipinski definition) is 0. The minimum absolute atomic E-state index is 0.224. The number of rotatable bonds is 7. The zero-order valence-corrected chi connectivity index (χ0v) is 19.9. The summed E-state index contributed by atoms with van der Waals surface area (Å²) >= 11 is 0. The van der Waals surface area contributed by atoms with Crippen LogP contribution in [0, 0.1) is 0 Å². The molecule has 0 spiro atoms. The van der Waals surface area contributed by atoms with Gasteiger partial charge < -0.3 is 0 Å². The molecule has 2 atom stereocenters. The van der Waals surface area contributed by atoms with E-state index in [1.54, 1.807) is 97.1 Å². The maximum Gasteiger partial charge on any atom is 0.285 e. The molecule has 0 aliphatic carbocycles. The minimum atomic E-state index is -1.09. The molecule has 0 radical (unpaired) electrons. The Kier molecular flexibility index (Phi) is 5.88. The molecule has 4 aromatic rings. The van der Waals surface area contributed by atoms with Crippen LogP contribution in [0.15, 0.2) is 109 Å². The molecule has 0 bridgehead atoms. The summed E-state index contributed by atoms with van der Waals surface area (Å²) in [6, 6.07) is 30.6. The van der Waals surface area contributed by atoms with E-state index in [1.165, 1.54) is 0 Å². The van der Waals surface area contributed by atoms with Crippen LogP contribution >= 0.6 is 0 Å². The summed E-state index contributed by atoms with van der Waals surface area (Å²) in [5.41, 5.74) is 2.02. The van der Waals surface area contributed by atoms with Crippen LogP contribution in [-0.4, -0.2) is 33.8 Å². The number of imide groups is 2. The van der Waals surface area contributed by atoms with Crippen molar-refractivity contribution in [3.05, 3.63) is 143 Å². The predicted octanol–water partition coefficient (Wildman–Crippen LogP) is 4.92. The third kappa shape index (κ3) is 3.88. The molecule has 2 heterocycles. The molecule has 8 heteroatoms. The minimum Gasteiger partial charge on any atom is -0.266 e. The molecule has 4 aromatic carbocycles. The molecule has 0 N–H and O–H groups in total. The molecular formula is C30H20N2O6. The first-order chi connectivity index (χ1) is 18.5. The van der Waals surface area contributed by atoms with Gasteiger partial charge in [0.25, 0.3) is 23.6 Å². The van der Waals surface area contributed by atoms with E-state index in [9.17, 15) is 19.2 Å². The first kappa shape index (κ1) is 23.5. The van der Waals surface area contributed by atoms with Crippen molar-refractivity contribution in [2.24, 2.45) is 0 Å². The van der Waals surface area contributed by atoms with Crippen LogP contribution < -0.4 is 0 Å². The standard InChI is InChI=1S/C30H20N2O6/c33-27-21-15-7-8-16-22(21)28(34)31(27)37-25(19-11-3-1-4-12-19)26(20-13-5-2-6-14-20)38-32-29(35)23-17-9-10-18-24(23)30(32)36/h1-18,25-26H. The molecule has 2 aliphatic rings. The molecule has 8 nitrogen and oxygen atoms in total. The molecule has 2 aliphatic heterocycles. The van der Waals surface area contributed by atoms with Gasteiger partial charge in [-0.25, -0.2) is 0 Å². The van der Waals surface area contributed by atoms with Gasteiger partial charge in [0.2, 0.25) is 0 Å². The summed E-state index contributed by atoms with van der Waals surface area (Å²) in [7, 11) is 0. The third-order valence-corrected chi connectivity index (χ3v) is 6.48. The Morgan fingerprint density at radius 1 is 0.395 bits per heavy atom. The van der Waals surface area contributed by atoms with Gasteiger partial charge in [-0.05, 0) is 35.4 Å². The lowest BCUT2D eigenvalue weighted by molar-refractivity contribution is -0.224. The predicted molar refractivity (Wildman–Crippen MR) is 134 cm³/mol. The normalized spacial score (nSPS) is 16.0. The van der Waals surface area contributed by atoms with Gasteiger partial charge in [-0.3, -0.25) is 28.9 Å². The van der Waals surface area contributed by atoms with Crippen molar-refractivity contribution in [3.8, 4) is 0 Å². The Bertz CT molecular complexity index is 1380. The van der Waals surface area contributed by atoms with Gasteiger partial charge in [0.15, 0.2) is 0 Å². The zero-order chi connectivity index (χ0) is 26.2. The summed E-state index contributed by atoms with van der Waals surface area (Å²) in [4.78, 5) is 64.9. The monoisotopic (exact) mass is 504 g/mol. The van der Waals surface area contributed by atoms with E-state index in [4.69, 9.17) is 9.68 Å². The second-order valence-electron chi connectivity index (χ2n) is 8.77. The first-order valence-corrected chi connectivity index (χ1v) is 11.9. The fourth-order valence-electron chi connectivity index (χ4n) is 4.62. The van der Waals surface area contributed by atoms with Crippen LogP contribution in [0.2, 0.25) is 0 Å². The van der Waals surface area contributed by atoms with E-state index in [1.807, 2.05) is 12.1 Å². The summed E-state index contributed by atoms with van der Waals surface area (Å²) in [5.74, 6) is -2.45. The van der Waals surface area contributed by atoms with Gasteiger partial charge in [0, 0.05) is 0 Å². The van der Waals surface area contributed by atoms with E-state index < -0.39 is 35.8 Å². The Morgan fingerprint density at radius 2 is 0.658 bits per heavy atom. The topological polar surface area (TPSA) is 93.2 Å². The highest BCUT2D eigenvalue weighted by atomic mass is 16.7. The van der Waals surface area contributed by atoms with Crippen LogP contribution in [0.25, 0.3) is 0 Å². The first-order valence-electron chi connectivity index (χ1n) is 11.9. The van der Waals surface area contributed by atoms with Crippen LogP contribution in [0.1, 0.15) is 64.8 Å². The van der Waals surface area contributed by atoms with E-state index >= 15 is 0 Å². The van der Waals surface area contributed by atoms with E-state index in [0.717, 1.165) is 0 Å². The van der Waals surface area contributed by atoms with Crippen molar-refractivity contribution in [2.45, 2.75) is 12.2 Å². The molecule has 38 heavy (non-hydrogen) atoms. The SMILES string of the molecule is O=C1c2ccccc2C(=O)N1OC(c1ccccc1)C(ON1C(=O)c2ccccc2C1=O)c1ccccc1. The highest BCUT2D eigenvalue weighted by Crippen LogP contribution is 2.40. The number of nitrogens with zero attached hydrogens (tertiary/aromatic N) is 2. The van der Waals surface area contributed by atoms with Crippen LogP contribution in [0.3, 0.4) is 0 Å². The number of amides is 4. The van der Waals surface area contributed by atoms with Gasteiger partial charge in [-0.15, -0.1) is 10.1 Å². The van der Waals surface area contributed by atoms with Crippen molar-refractivity contribution in [1.29, 1.82) is 0 Å². The van der Waals surface area contributed by atoms with Gasteiger partial charge >= 0.3 is 0 Å². The lowest BCUT2D eigenvalue weighted by Crippen LogP contribution is -2.37. The van der Waals surface area contributed by atoms with Crippen LogP contribution in [0.4, 0.5) is 0 Å². The fourth-order valence-corrected chi connectivity index (χ4v) is 4.62. The molecule has 0 saturated heterocycles. The second kappa shape index (κ2) is 9.51. The zero-order valence-electron chi connectivity index (χ0n) is 19.9. The number of carbonyl (C=O) groups excluding carboxylic acids is 4. The number of benzene rings is 4. The number of fused-ring (bicyclic) bond motifs is 2.